The summed E-state index contributed by atoms with van der Waals surface area (Å²) >= 11 is 0. The average Bonchev–Trinajstić information content (AvgIpc) is 3.47. The third-order valence-corrected chi connectivity index (χ3v) is 4.41. The van der Waals surface area contributed by atoms with Gasteiger partial charge in [-0.3, -0.25) is 0 Å². The summed E-state index contributed by atoms with van der Waals surface area (Å²) in [5, 5.41) is 14.1. The number of benzene rings is 1. The molecule has 4 rings (SSSR count). The lowest BCUT2D eigenvalue weighted by molar-refractivity contribution is 0.240. The van der Waals surface area contributed by atoms with Gasteiger partial charge >= 0.3 is 6.03 Å². The van der Waals surface area contributed by atoms with Crippen molar-refractivity contribution in [1.82, 2.24) is 35.2 Å². The number of carbonyl (C=O) groups is 1. The van der Waals surface area contributed by atoms with Crippen molar-refractivity contribution in [3.8, 4) is 11.5 Å². The highest BCUT2D eigenvalue weighted by Crippen LogP contribution is 2.09. The Morgan fingerprint density at radius 2 is 1.62 bits per heavy atom. The van der Waals surface area contributed by atoms with Gasteiger partial charge in [-0.15, -0.1) is 0 Å². The standard InChI is InChI=1S/C21H21N7O/c29-21(24-16-18-8-11-22-20(15-18)28-14-2-10-26-28)23-12-7-17-3-5-19(6-4-17)27-13-1-9-25-27/h1-6,8-11,13-15H,7,12,16H2,(H2,23,24,29). The number of rotatable bonds is 7. The van der Waals surface area contributed by atoms with Crippen molar-refractivity contribution in [2.75, 3.05) is 6.54 Å². The normalized spacial score (nSPS) is 10.6. The molecule has 0 unspecified atom stereocenters. The minimum atomic E-state index is -0.199. The number of hydrogen-bond acceptors (Lipinski definition) is 4. The third kappa shape index (κ3) is 4.86. The van der Waals surface area contributed by atoms with Crippen molar-refractivity contribution in [3.05, 3.63) is 90.6 Å². The minimum Gasteiger partial charge on any atom is -0.338 e. The Morgan fingerprint density at radius 3 is 2.34 bits per heavy atom. The lowest BCUT2D eigenvalue weighted by Crippen LogP contribution is -2.36. The van der Waals surface area contributed by atoms with E-state index in [1.165, 1.54) is 0 Å². The van der Waals surface area contributed by atoms with Gasteiger partial charge in [-0.05, 0) is 53.9 Å². The third-order valence-electron chi connectivity index (χ3n) is 4.41. The summed E-state index contributed by atoms with van der Waals surface area (Å²) in [7, 11) is 0. The van der Waals surface area contributed by atoms with Crippen LogP contribution in [0.5, 0.6) is 0 Å². The van der Waals surface area contributed by atoms with Crippen molar-refractivity contribution >= 4 is 6.03 Å². The van der Waals surface area contributed by atoms with Crippen LogP contribution in [-0.2, 0) is 13.0 Å². The van der Waals surface area contributed by atoms with E-state index in [0.717, 1.165) is 23.2 Å². The second-order valence-corrected chi connectivity index (χ2v) is 6.45. The van der Waals surface area contributed by atoms with E-state index in [4.69, 9.17) is 0 Å². The number of nitrogens with zero attached hydrogens (tertiary/aromatic N) is 5. The number of amides is 2. The molecule has 1 aromatic carbocycles. The van der Waals surface area contributed by atoms with Gasteiger partial charge in [0.15, 0.2) is 5.82 Å². The Balaban J connectivity index is 1.22. The summed E-state index contributed by atoms with van der Waals surface area (Å²) in [6.45, 7) is 0.975. The van der Waals surface area contributed by atoms with Crippen LogP contribution in [0.4, 0.5) is 4.79 Å². The van der Waals surface area contributed by atoms with E-state index in [2.05, 4.69) is 25.8 Å². The van der Waals surface area contributed by atoms with E-state index in [-0.39, 0.29) is 6.03 Å². The zero-order valence-electron chi connectivity index (χ0n) is 15.8. The van der Waals surface area contributed by atoms with Crippen LogP contribution in [0.25, 0.3) is 11.5 Å². The molecule has 0 aliphatic rings. The SMILES string of the molecule is O=C(NCCc1ccc(-n2cccn2)cc1)NCc1ccnc(-n2cccn2)c1. The number of nitrogens with one attached hydrogen (secondary N) is 2. The first-order valence-corrected chi connectivity index (χ1v) is 9.33. The van der Waals surface area contributed by atoms with E-state index in [9.17, 15) is 4.79 Å². The number of pyridine rings is 1. The molecule has 8 nitrogen and oxygen atoms in total. The fourth-order valence-electron chi connectivity index (χ4n) is 2.90. The van der Waals surface area contributed by atoms with Crippen LogP contribution in [0.15, 0.2) is 79.5 Å². The summed E-state index contributed by atoms with van der Waals surface area (Å²) in [5.41, 5.74) is 3.12. The molecule has 4 aromatic rings. The Labute approximate surface area is 168 Å². The molecule has 2 N–H and O–H groups in total. The van der Waals surface area contributed by atoms with Gasteiger partial charge in [0.25, 0.3) is 0 Å². The van der Waals surface area contributed by atoms with E-state index in [1.807, 2.05) is 65.6 Å². The topological polar surface area (TPSA) is 89.7 Å². The molecule has 146 valence electrons. The van der Waals surface area contributed by atoms with Gasteiger partial charge < -0.3 is 10.6 Å². The highest BCUT2D eigenvalue weighted by Gasteiger charge is 2.04. The molecular weight excluding hydrogens is 366 g/mol. The summed E-state index contributed by atoms with van der Waals surface area (Å²) in [4.78, 5) is 16.3. The minimum absolute atomic E-state index is 0.199. The van der Waals surface area contributed by atoms with Crippen LogP contribution >= 0.6 is 0 Å². The summed E-state index contributed by atoms with van der Waals surface area (Å²) < 4.78 is 3.49. The molecule has 0 atom stereocenters. The summed E-state index contributed by atoms with van der Waals surface area (Å²) in [6, 6.07) is 15.4. The van der Waals surface area contributed by atoms with Crippen LogP contribution in [0.1, 0.15) is 11.1 Å². The molecule has 0 aliphatic heterocycles. The second-order valence-electron chi connectivity index (χ2n) is 6.45. The maximum Gasteiger partial charge on any atom is 0.315 e. The van der Waals surface area contributed by atoms with E-state index < -0.39 is 0 Å². The molecule has 0 spiro atoms. The second kappa shape index (κ2) is 8.83. The van der Waals surface area contributed by atoms with Gasteiger partial charge in [0, 0.05) is 44.1 Å². The number of aromatic nitrogens is 5. The number of carbonyl (C=O) groups excluding carboxylic acids is 1. The average molecular weight is 387 g/mol. The largest absolute Gasteiger partial charge is 0.338 e. The zero-order chi connectivity index (χ0) is 19.9. The molecule has 3 aromatic heterocycles. The first-order chi connectivity index (χ1) is 14.3. The number of hydrogen-bond donors (Lipinski definition) is 2. The molecule has 29 heavy (non-hydrogen) atoms. The predicted molar refractivity (Wildman–Crippen MR) is 109 cm³/mol. The maximum absolute atomic E-state index is 12.1. The van der Waals surface area contributed by atoms with Crippen molar-refractivity contribution < 1.29 is 4.79 Å². The molecule has 0 saturated carbocycles. The van der Waals surface area contributed by atoms with Crippen molar-refractivity contribution in [1.29, 1.82) is 0 Å². The fraction of sp³-hybridized carbons (Fsp3) is 0.143. The van der Waals surface area contributed by atoms with Crippen LogP contribution in [-0.4, -0.2) is 37.1 Å². The van der Waals surface area contributed by atoms with E-state index >= 15 is 0 Å². The predicted octanol–water partition coefficient (Wildman–Crippen LogP) is 2.49. The van der Waals surface area contributed by atoms with Crippen molar-refractivity contribution in [2.24, 2.45) is 0 Å². The smallest absolute Gasteiger partial charge is 0.315 e. The number of urea groups is 1. The first-order valence-electron chi connectivity index (χ1n) is 9.33. The molecule has 3 heterocycles. The Hall–Kier alpha value is -3.94. The van der Waals surface area contributed by atoms with E-state index in [0.29, 0.717) is 18.9 Å². The van der Waals surface area contributed by atoms with E-state index in [1.54, 1.807) is 23.3 Å². The van der Waals surface area contributed by atoms with Crippen molar-refractivity contribution in [3.63, 3.8) is 0 Å². The fourth-order valence-corrected chi connectivity index (χ4v) is 2.90. The van der Waals surface area contributed by atoms with Gasteiger partial charge in [0.1, 0.15) is 0 Å². The van der Waals surface area contributed by atoms with Crippen molar-refractivity contribution in [2.45, 2.75) is 13.0 Å². The lowest BCUT2D eigenvalue weighted by atomic mass is 10.1. The van der Waals surface area contributed by atoms with Crippen LogP contribution in [0.3, 0.4) is 0 Å². The molecule has 0 fully saturated rings. The summed E-state index contributed by atoms with van der Waals surface area (Å²) in [5.74, 6) is 0.716. The van der Waals surface area contributed by atoms with Gasteiger partial charge in [0.05, 0.1) is 5.69 Å². The zero-order valence-corrected chi connectivity index (χ0v) is 15.8. The molecular formula is C21H21N7O. The highest BCUT2D eigenvalue weighted by molar-refractivity contribution is 5.73. The Kier molecular flexibility index (Phi) is 5.61. The molecule has 0 aliphatic carbocycles. The monoisotopic (exact) mass is 387 g/mol. The van der Waals surface area contributed by atoms with Crippen LogP contribution in [0.2, 0.25) is 0 Å². The molecule has 0 radical (unpaired) electrons. The molecule has 2 amide bonds. The Bertz CT molecular complexity index is 1040. The van der Waals surface area contributed by atoms with Gasteiger partial charge in [-0.25, -0.2) is 19.1 Å². The first kappa shape index (κ1) is 18.4. The summed E-state index contributed by atoms with van der Waals surface area (Å²) in [6.07, 6.45) is 9.64. The molecule has 0 bridgehead atoms. The molecule has 0 saturated heterocycles. The quantitative estimate of drug-likeness (QED) is 0.510. The van der Waals surface area contributed by atoms with Gasteiger partial charge in [0.2, 0.25) is 0 Å². The lowest BCUT2D eigenvalue weighted by Gasteiger charge is -2.09. The molecule has 8 heteroatoms. The van der Waals surface area contributed by atoms with Gasteiger partial charge in [-0.2, -0.15) is 10.2 Å². The van der Waals surface area contributed by atoms with Gasteiger partial charge in [-0.1, -0.05) is 12.1 Å². The van der Waals surface area contributed by atoms with Crippen LogP contribution < -0.4 is 10.6 Å². The Morgan fingerprint density at radius 1 is 0.862 bits per heavy atom. The maximum atomic E-state index is 12.1. The highest BCUT2D eigenvalue weighted by atomic mass is 16.2. The van der Waals surface area contributed by atoms with Crippen LogP contribution in [0, 0.1) is 0 Å².